The summed E-state index contributed by atoms with van der Waals surface area (Å²) in [5.74, 6) is 0.128. The molecule has 0 aromatic heterocycles. The zero-order valence-corrected chi connectivity index (χ0v) is 12.2. The fraction of sp³-hybridized carbons (Fsp3) is 0.588. The standard InChI is InChI=1S/C17H22N2O2/c20-12-9-14(18-10-12)16(21)19-11-17(7-3-4-8-17)13-5-1-2-6-15(13)19/h1-2,5-6,12,14,18,20H,3-4,7-11H2/t12-,14+/m1/s1. The molecular formula is C17H22N2O2. The van der Waals surface area contributed by atoms with Crippen LogP contribution in [0.2, 0.25) is 0 Å². The Morgan fingerprint density at radius 3 is 2.76 bits per heavy atom. The Hall–Kier alpha value is -1.39. The van der Waals surface area contributed by atoms with Crippen molar-refractivity contribution < 1.29 is 9.90 Å². The number of benzene rings is 1. The molecule has 4 heteroatoms. The zero-order valence-electron chi connectivity index (χ0n) is 12.2. The smallest absolute Gasteiger partial charge is 0.244 e. The van der Waals surface area contributed by atoms with E-state index in [-0.39, 0.29) is 17.4 Å². The van der Waals surface area contributed by atoms with E-state index in [1.807, 2.05) is 11.0 Å². The number of hydrogen-bond acceptors (Lipinski definition) is 3. The van der Waals surface area contributed by atoms with Crippen molar-refractivity contribution in [1.82, 2.24) is 5.32 Å². The number of nitrogens with one attached hydrogen (secondary N) is 1. The lowest BCUT2D eigenvalue weighted by atomic mass is 9.81. The van der Waals surface area contributed by atoms with E-state index >= 15 is 0 Å². The van der Waals surface area contributed by atoms with Crippen LogP contribution in [-0.4, -0.2) is 36.2 Å². The number of aliphatic hydroxyl groups is 1. The number of aliphatic hydroxyl groups excluding tert-OH is 1. The van der Waals surface area contributed by atoms with Crippen molar-refractivity contribution in [3.63, 3.8) is 0 Å². The van der Waals surface area contributed by atoms with Gasteiger partial charge in [0, 0.05) is 24.2 Å². The van der Waals surface area contributed by atoms with Crippen molar-refractivity contribution in [1.29, 1.82) is 0 Å². The molecule has 1 saturated heterocycles. The van der Waals surface area contributed by atoms with Crippen molar-refractivity contribution >= 4 is 11.6 Å². The molecule has 2 aliphatic heterocycles. The molecule has 3 aliphatic rings. The molecule has 0 unspecified atom stereocenters. The zero-order chi connectivity index (χ0) is 14.4. The highest BCUT2D eigenvalue weighted by Crippen LogP contribution is 2.50. The molecule has 0 radical (unpaired) electrons. The minimum Gasteiger partial charge on any atom is -0.392 e. The van der Waals surface area contributed by atoms with E-state index in [4.69, 9.17) is 0 Å². The Morgan fingerprint density at radius 1 is 1.29 bits per heavy atom. The average Bonchev–Trinajstić information content (AvgIpc) is 3.20. The SMILES string of the molecule is O=C([C@@H]1C[C@@H](O)CN1)N1CC2(CCCC2)c2ccccc21. The van der Waals surface area contributed by atoms with E-state index in [0.717, 1.165) is 12.2 Å². The number of rotatable bonds is 1. The van der Waals surface area contributed by atoms with Crippen LogP contribution in [0.3, 0.4) is 0 Å². The van der Waals surface area contributed by atoms with Crippen LogP contribution in [0.5, 0.6) is 0 Å². The third-order valence-corrected chi connectivity index (χ3v) is 5.46. The van der Waals surface area contributed by atoms with E-state index in [0.29, 0.717) is 13.0 Å². The number of nitrogens with zero attached hydrogens (tertiary/aromatic N) is 1. The van der Waals surface area contributed by atoms with Gasteiger partial charge in [-0.25, -0.2) is 0 Å². The van der Waals surface area contributed by atoms with Crippen LogP contribution in [0, 0.1) is 0 Å². The third kappa shape index (κ3) is 2.00. The summed E-state index contributed by atoms with van der Waals surface area (Å²) in [5.41, 5.74) is 2.63. The van der Waals surface area contributed by atoms with E-state index in [2.05, 4.69) is 23.5 Å². The normalized spacial score (nSPS) is 30.0. The summed E-state index contributed by atoms with van der Waals surface area (Å²) in [5, 5.41) is 12.8. The average molecular weight is 286 g/mol. The second-order valence-electron chi connectivity index (χ2n) is 6.78. The maximum atomic E-state index is 12.8. The molecule has 4 nitrogen and oxygen atoms in total. The predicted octanol–water partition coefficient (Wildman–Crippen LogP) is 1.57. The van der Waals surface area contributed by atoms with Gasteiger partial charge in [0.05, 0.1) is 12.1 Å². The first-order chi connectivity index (χ1) is 10.2. The van der Waals surface area contributed by atoms with Gasteiger partial charge in [0.15, 0.2) is 0 Å². The molecule has 4 rings (SSSR count). The summed E-state index contributed by atoms with van der Waals surface area (Å²) in [7, 11) is 0. The molecule has 1 aliphatic carbocycles. The van der Waals surface area contributed by atoms with Crippen LogP contribution in [-0.2, 0) is 10.2 Å². The molecule has 1 aromatic rings. The van der Waals surface area contributed by atoms with Crippen molar-refractivity contribution in [3.8, 4) is 0 Å². The van der Waals surface area contributed by atoms with Gasteiger partial charge in [0.2, 0.25) is 5.91 Å². The lowest BCUT2D eigenvalue weighted by Gasteiger charge is -2.26. The molecule has 112 valence electrons. The highest BCUT2D eigenvalue weighted by atomic mass is 16.3. The van der Waals surface area contributed by atoms with Gasteiger partial charge >= 0.3 is 0 Å². The minimum atomic E-state index is -0.391. The topological polar surface area (TPSA) is 52.6 Å². The Balaban J connectivity index is 1.66. The summed E-state index contributed by atoms with van der Waals surface area (Å²) in [4.78, 5) is 14.8. The molecule has 21 heavy (non-hydrogen) atoms. The largest absolute Gasteiger partial charge is 0.392 e. The molecule has 1 amide bonds. The summed E-state index contributed by atoms with van der Waals surface area (Å²) >= 11 is 0. The predicted molar refractivity (Wildman–Crippen MR) is 81.4 cm³/mol. The summed E-state index contributed by atoms with van der Waals surface area (Å²) in [6.45, 7) is 1.34. The van der Waals surface area contributed by atoms with Crippen LogP contribution >= 0.6 is 0 Å². The van der Waals surface area contributed by atoms with Crippen LogP contribution in [0.25, 0.3) is 0 Å². The maximum absolute atomic E-state index is 12.8. The fourth-order valence-electron chi connectivity index (χ4n) is 4.40. The first-order valence-corrected chi connectivity index (χ1v) is 8.02. The summed E-state index contributed by atoms with van der Waals surface area (Å²) < 4.78 is 0. The minimum absolute atomic E-state index is 0.128. The van der Waals surface area contributed by atoms with Crippen LogP contribution in [0.1, 0.15) is 37.7 Å². The van der Waals surface area contributed by atoms with Gasteiger partial charge in [-0.05, 0) is 30.9 Å². The number of carbonyl (C=O) groups excluding carboxylic acids is 1. The molecule has 1 spiro atoms. The van der Waals surface area contributed by atoms with Gasteiger partial charge in [0.25, 0.3) is 0 Å². The van der Waals surface area contributed by atoms with Gasteiger partial charge in [0.1, 0.15) is 0 Å². The molecular weight excluding hydrogens is 264 g/mol. The Labute approximate surface area is 125 Å². The van der Waals surface area contributed by atoms with Crippen molar-refractivity contribution in [2.45, 2.75) is 49.7 Å². The van der Waals surface area contributed by atoms with E-state index in [1.165, 1.54) is 31.2 Å². The van der Waals surface area contributed by atoms with Gasteiger partial charge in [-0.1, -0.05) is 31.0 Å². The van der Waals surface area contributed by atoms with Gasteiger partial charge in [-0.2, -0.15) is 0 Å². The van der Waals surface area contributed by atoms with E-state index in [9.17, 15) is 9.90 Å². The number of carbonyl (C=O) groups is 1. The highest BCUT2D eigenvalue weighted by molar-refractivity contribution is 6.00. The van der Waals surface area contributed by atoms with Crippen LogP contribution in [0.15, 0.2) is 24.3 Å². The molecule has 1 saturated carbocycles. The fourth-order valence-corrected chi connectivity index (χ4v) is 4.40. The number of amides is 1. The van der Waals surface area contributed by atoms with Crippen LogP contribution < -0.4 is 10.2 Å². The molecule has 2 N–H and O–H groups in total. The van der Waals surface area contributed by atoms with E-state index in [1.54, 1.807) is 0 Å². The third-order valence-electron chi connectivity index (χ3n) is 5.46. The Morgan fingerprint density at radius 2 is 2.05 bits per heavy atom. The number of fused-ring (bicyclic) bond motifs is 2. The van der Waals surface area contributed by atoms with Gasteiger partial charge in [-0.15, -0.1) is 0 Å². The molecule has 2 fully saturated rings. The molecule has 1 aromatic carbocycles. The maximum Gasteiger partial charge on any atom is 0.244 e. The van der Waals surface area contributed by atoms with Crippen LogP contribution in [0.4, 0.5) is 5.69 Å². The molecule has 0 bridgehead atoms. The van der Waals surface area contributed by atoms with Crippen molar-refractivity contribution in [3.05, 3.63) is 29.8 Å². The quantitative estimate of drug-likeness (QED) is 0.824. The Bertz CT molecular complexity index is 566. The first kappa shape index (κ1) is 13.3. The van der Waals surface area contributed by atoms with Crippen molar-refractivity contribution in [2.24, 2.45) is 0 Å². The summed E-state index contributed by atoms with van der Waals surface area (Å²) in [6, 6.07) is 8.15. The highest BCUT2D eigenvalue weighted by Gasteiger charge is 2.47. The van der Waals surface area contributed by atoms with Crippen molar-refractivity contribution in [2.75, 3.05) is 18.0 Å². The Kier molecular flexibility index (Phi) is 3.05. The second-order valence-corrected chi connectivity index (χ2v) is 6.78. The lowest BCUT2D eigenvalue weighted by molar-refractivity contribution is -0.120. The number of anilines is 1. The first-order valence-electron chi connectivity index (χ1n) is 8.02. The molecule has 2 atom stereocenters. The second kappa shape index (κ2) is 4.82. The molecule has 2 heterocycles. The number of para-hydroxylation sites is 1. The van der Waals surface area contributed by atoms with Gasteiger partial charge in [-0.3, -0.25) is 4.79 Å². The van der Waals surface area contributed by atoms with Gasteiger partial charge < -0.3 is 15.3 Å². The number of hydrogen-bond donors (Lipinski definition) is 2. The summed E-state index contributed by atoms with van der Waals surface area (Å²) in [6.07, 6.45) is 5.04. The monoisotopic (exact) mass is 286 g/mol. The number of β-amino-alcohol motifs (C(OH)–C–C–N with tert-alkyl or cyclic N) is 1. The lowest BCUT2D eigenvalue weighted by Crippen LogP contribution is -2.45. The van der Waals surface area contributed by atoms with E-state index < -0.39 is 6.10 Å².